The van der Waals surface area contributed by atoms with Crippen molar-refractivity contribution in [3.63, 3.8) is 0 Å². The summed E-state index contributed by atoms with van der Waals surface area (Å²) in [4.78, 5) is 117. The summed E-state index contributed by atoms with van der Waals surface area (Å²) in [6, 6.07) is 8.06. The number of carbonyl (C=O) groups excluding carboxylic acids is 7. The number of nitrogens with one attached hydrogen (secondary N) is 4. The van der Waals surface area contributed by atoms with Crippen LogP contribution in [-0.2, 0) is 61.4 Å². The number of methoxy groups -OCH3 is 2. The topological polar surface area (TPSA) is 268 Å². The molecular formula is C69H96N10O12S3. The van der Waals surface area contributed by atoms with Gasteiger partial charge in [0.15, 0.2) is 0 Å². The number of hydrogen-bond acceptors (Lipinski definition) is 17. The molecule has 22 nitrogen and oxygen atoms in total. The second-order valence-electron chi connectivity index (χ2n) is 26.4. The molecule has 25 heteroatoms. The molecule has 2 bridgehead atoms. The molecule has 1 saturated carbocycles. The Bertz CT molecular complexity index is 3450. The van der Waals surface area contributed by atoms with E-state index >= 15 is 0 Å². The molecule has 9 atom stereocenters. The van der Waals surface area contributed by atoms with Gasteiger partial charge in [0.1, 0.15) is 17.8 Å². The van der Waals surface area contributed by atoms with Crippen molar-refractivity contribution in [1.29, 1.82) is 0 Å². The number of piperidine rings is 1. The number of allylic oxidation sites excluding steroid dienone is 6. The number of rotatable bonds is 27. The molecule has 0 spiro atoms. The molecule has 2 saturated heterocycles. The van der Waals surface area contributed by atoms with Gasteiger partial charge in [-0.3, -0.25) is 38.4 Å². The summed E-state index contributed by atoms with van der Waals surface area (Å²) in [7, 11) is 4.31. The Kier molecular flexibility index (Phi) is 26.0. The molecule has 3 aliphatic heterocycles. The van der Waals surface area contributed by atoms with Crippen LogP contribution in [0.4, 0.5) is 4.79 Å². The molecule has 4 N–H and O–H groups in total. The molecule has 2 aliphatic carbocycles. The Morgan fingerprint density at radius 3 is 2.06 bits per heavy atom. The lowest BCUT2D eigenvalue weighted by Crippen LogP contribution is -2.59. The minimum atomic E-state index is -4.02. The van der Waals surface area contributed by atoms with Gasteiger partial charge in [-0.15, -0.1) is 23.5 Å². The van der Waals surface area contributed by atoms with Gasteiger partial charge in [-0.1, -0.05) is 85.2 Å². The Hall–Kier alpha value is -6.64. The molecular weight excluding hydrogens is 1260 g/mol. The normalized spacial score (nSPS) is 21.3. The van der Waals surface area contributed by atoms with Crippen LogP contribution in [0.25, 0.3) is 11.0 Å². The average Bonchev–Trinajstić information content (AvgIpc) is 1.35. The van der Waals surface area contributed by atoms with Crippen LogP contribution in [0.1, 0.15) is 127 Å². The maximum Gasteiger partial charge on any atom is 0.415 e. The van der Waals surface area contributed by atoms with Gasteiger partial charge in [-0.05, 0) is 130 Å². The smallest absolute Gasteiger partial charge is 0.410 e. The number of fused-ring (bicyclic) bond motifs is 3. The van der Waals surface area contributed by atoms with Gasteiger partial charge in [-0.2, -0.15) is 0 Å². The van der Waals surface area contributed by atoms with Gasteiger partial charge < -0.3 is 44.9 Å². The van der Waals surface area contributed by atoms with Gasteiger partial charge in [0.2, 0.25) is 33.7 Å². The second kappa shape index (κ2) is 33.4. The molecule has 3 aromatic rings. The van der Waals surface area contributed by atoms with E-state index in [1.165, 1.54) is 14.2 Å². The number of sulfonamides is 1. The van der Waals surface area contributed by atoms with E-state index in [0.29, 0.717) is 99.3 Å². The van der Waals surface area contributed by atoms with Gasteiger partial charge >= 0.3 is 6.09 Å². The number of carbonyl (C=O) groups is 7. The van der Waals surface area contributed by atoms with Gasteiger partial charge in [0.05, 0.1) is 70.3 Å². The molecule has 94 heavy (non-hydrogen) atoms. The van der Waals surface area contributed by atoms with Crippen LogP contribution < -0.4 is 25.4 Å². The van der Waals surface area contributed by atoms with Crippen molar-refractivity contribution < 1.29 is 56.2 Å². The number of hydrogen-bond donors (Lipinski definition) is 4. The largest absolute Gasteiger partial charge is 0.415 e. The first-order valence-corrected chi connectivity index (χ1v) is 36.4. The summed E-state index contributed by atoms with van der Waals surface area (Å²) in [5.41, 5.74) is 4.24. The number of likely N-dealkylation sites (N-methyl/N-ethyl adjacent to an activating group) is 2. The number of thioether (sulfide) groups is 2. The summed E-state index contributed by atoms with van der Waals surface area (Å²) in [5, 5.41) is 8.21. The van der Waals surface area contributed by atoms with E-state index < -0.39 is 81.5 Å². The number of nitrogens with zero attached hydrogens (tertiary/aromatic N) is 6. The third-order valence-corrected chi connectivity index (χ3v) is 22.5. The molecule has 512 valence electrons. The van der Waals surface area contributed by atoms with E-state index in [-0.39, 0.29) is 65.9 Å². The molecule has 0 unspecified atom stereocenters. The molecule has 0 radical (unpaired) electrons. The van der Waals surface area contributed by atoms with Crippen molar-refractivity contribution in [3.8, 4) is 5.75 Å². The van der Waals surface area contributed by atoms with Crippen molar-refractivity contribution in [3.05, 3.63) is 111 Å². The zero-order valence-corrected chi connectivity index (χ0v) is 58.9. The fourth-order valence-corrected chi connectivity index (χ4v) is 16.2. The molecule has 4 heterocycles. The van der Waals surface area contributed by atoms with E-state index in [0.717, 1.165) is 26.7 Å². The van der Waals surface area contributed by atoms with Gasteiger partial charge in [0.25, 0.3) is 11.8 Å². The van der Waals surface area contributed by atoms with E-state index in [4.69, 9.17) is 24.2 Å². The summed E-state index contributed by atoms with van der Waals surface area (Å²) >= 11 is 3.43. The Balaban J connectivity index is 0.849. The second-order valence-corrected chi connectivity index (χ2v) is 30.4. The molecule has 5 aliphatic rings. The highest BCUT2D eigenvalue weighted by molar-refractivity contribution is 8.03. The maximum atomic E-state index is 14.6. The molecule has 3 fully saturated rings. The first-order chi connectivity index (χ1) is 44.8. The summed E-state index contributed by atoms with van der Waals surface area (Å²) in [6.45, 7) is 15.0. The molecule has 2 aromatic carbocycles. The number of likely N-dealkylation sites (tertiary alicyclic amines) is 2. The van der Waals surface area contributed by atoms with Crippen LogP contribution >= 0.6 is 23.5 Å². The minimum Gasteiger partial charge on any atom is -0.410 e. The van der Waals surface area contributed by atoms with Crippen molar-refractivity contribution in [2.24, 2.45) is 29.6 Å². The van der Waals surface area contributed by atoms with Crippen LogP contribution in [0, 0.1) is 29.6 Å². The van der Waals surface area contributed by atoms with Crippen LogP contribution in [-0.4, -0.2) is 189 Å². The fraction of sp³-hybridized carbons (Fsp3) is 0.580. The summed E-state index contributed by atoms with van der Waals surface area (Å²) in [5.74, 6) is -2.14. The van der Waals surface area contributed by atoms with E-state index in [1.54, 1.807) is 88.6 Å². The predicted octanol–water partition coefficient (Wildman–Crippen LogP) is 7.93. The standard InChI is InChI=1S/C69H96N10O12S3/c1-13-43(6)62(77(10)68(85)60(41(2)3)74-67(84)61(42(4)5)76(8)9)58(89-11)37-59(80)79-31-17-20-57(79)63(90-12)44(7)64(81)73-54(66(83)75-94(87,88)51-26-27-51)34-45-21-24-48(25-22-45)91-69(86)78-32-29-46(30-33-78)38-70-65(82)47-23-28-52-53(35-47)72-56-40-93-50-19-16-14-15-18-49(36-50)92-39-55(56)71-52/h14-16,18-19,21-25,28,35-36,41-44,46,51,54,57-58,60-63H,13,17,20,26-27,29-34,37-40H2,1-12H3,(H,70,82)(H,73,81)(H,74,84)(H,75,83)/b15-14?,16-14-,18-15+,19-16?,49-18?,49-36+,50-19-,50-36?/t43-,44+,54-,57-,58+,60-,61-,62-,63+/m0/s1. The van der Waals surface area contributed by atoms with Gasteiger partial charge in [0, 0.05) is 80.7 Å². The van der Waals surface area contributed by atoms with Crippen molar-refractivity contribution in [2.75, 3.05) is 61.5 Å². The quantitative estimate of drug-likeness (QED) is 0.0564. The number of amides is 7. The lowest BCUT2D eigenvalue weighted by atomic mass is 9.89. The third kappa shape index (κ3) is 18.9. The van der Waals surface area contributed by atoms with Crippen LogP contribution in [0.15, 0.2) is 88.7 Å². The number of benzene rings is 2. The molecule has 8 rings (SSSR count). The predicted molar refractivity (Wildman–Crippen MR) is 367 cm³/mol. The zero-order valence-electron chi connectivity index (χ0n) is 56.4. The average molecular weight is 1350 g/mol. The molecule has 1 aromatic heterocycles. The fourth-order valence-electron chi connectivity index (χ4n) is 12.9. The zero-order chi connectivity index (χ0) is 68.1. The molecule has 7 amide bonds. The van der Waals surface area contributed by atoms with Gasteiger partial charge in [-0.25, -0.2) is 23.2 Å². The highest BCUT2D eigenvalue weighted by Crippen LogP contribution is 2.36. The Morgan fingerprint density at radius 2 is 1.44 bits per heavy atom. The summed E-state index contributed by atoms with van der Waals surface area (Å²) in [6.07, 6.45) is 14.0. The summed E-state index contributed by atoms with van der Waals surface area (Å²) < 4.78 is 46.4. The third-order valence-electron chi connectivity index (χ3n) is 18.6. The monoisotopic (exact) mass is 1350 g/mol. The Morgan fingerprint density at radius 1 is 0.755 bits per heavy atom. The lowest BCUT2D eigenvalue weighted by molar-refractivity contribution is -0.148. The van der Waals surface area contributed by atoms with Crippen molar-refractivity contribution >= 4 is 86.1 Å². The first-order valence-electron chi connectivity index (χ1n) is 32.9. The maximum absolute atomic E-state index is 14.6. The highest BCUT2D eigenvalue weighted by Gasteiger charge is 2.45. The van der Waals surface area contributed by atoms with Crippen molar-refractivity contribution in [1.82, 2.24) is 50.2 Å². The Labute approximate surface area is 563 Å². The van der Waals surface area contributed by atoms with Crippen LogP contribution in [0.5, 0.6) is 5.75 Å². The lowest BCUT2D eigenvalue weighted by Gasteiger charge is -2.41. The van der Waals surface area contributed by atoms with Crippen LogP contribution in [0.2, 0.25) is 0 Å². The SMILES string of the molecule is CC[C@H](C)[C@@H]([C@@H](CC(=O)N1CCC[C@H]1[C@H](OC)[C@@H](C)C(=O)N[C@@H](Cc1ccc(OC(=O)N2CCC(CNC(=O)c3ccc4nc5c(nc4c3)CSC3=C\C=C/C=C/C(=C\3)SC5)CC2)cc1)C(=O)NS(=O)(=O)C1CC1)OC)N(C)C(=O)[C@@H](NC(=O)[C@H](C(C)C)N(C)C)C(C)C. The van der Waals surface area contributed by atoms with Crippen molar-refractivity contribution in [2.45, 2.75) is 165 Å². The van der Waals surface area contributed by atoms with Crippen LogP contribution in [0.3, 0.4) is 0 Å². The first kappa shape index (κ1) is 73.2. The van der Waals surface area contributed by atoms with E-state index in [2.05, 4.69) is 38.9 Å². The number of ether oxygens (including phenoxy) is 3. The number of aromatic nitrogens is 2. The highest BCUT2D eigenvalue weighted by atomic mass is 32.2. The minimum absolute atomic E-state index is 0.00890. The van der Waals surface area contributed by atoms with E-state index in [9.17, 15) is 42.0 Å². The van der Waals surface area contributed by atoms with E-state index in [1.807, 2.05) is 84.8 Å².